The zero-order chi connectivity index (χ0) is 13.5. The fraction of sp³-hybridized carbons (Fsp3) is 0.333. The molecule has 1 aliphatic heterocycles. The van der Waals surface area contributed by atoms with E-state index in [-0.39, 0.29) is 12.7 Å². The maximum atomic E-state index is 13.4. The lowest BCUT2D eigenvalue weighted by Crippen LogP contribution is -2.11. The zero-order valence-electron chi connectivity index (χ0n) is 8.69. The van der Waals surface area contributed by atoms with E-state index in [0.29, 0.717) is 12.7 Å². The Morgan fingerprint density at radius 3 is 2.50 bits per heavy atom. The van der Waals surface area contributed by atoms with Crippen LogP contribution in [0.1, 0.15) is 0 Å². The molecule has 1 aromatic carbocycles. The largest absolute Gasteiger partial charge is 0.487 e. The van der Waals surface area contributed by atoms with Crippen molar-refractivity contribution in [2.75, 3.05) is 13.2 Å². The topological polar surface area (TPSA) is 76.1 Å². The van der Waals surface area contributed by atoms with Gasteiger partial charge in [0.05, 0.1) is 6.61 Å². The van der Waals surface area contributed by atoms with Crippen LogP contribution >= 0.6 is 0 Å². The van der Waals surface area contributed by atoms with Gasteiger partial charge in [-0.1, -0.05) is 0 Å². The molecule has 1 fully saturated rings. The molecule has 18 heavy (non-hydrogen) atoms. The summed E-state index contributed by atoms with van der Waals surface area (Å²) >= 11 is 0. The molecule has 1 N–H and O–H groups in total. The maximum absolute atomic E-state index is 13.4. The number of benzene rings is 1. The third kappa shape index (κ3) is 2.57. The fourth-order valence-electron chi connectivity index (χ4n) is 1.25. The summed E-state index contributed by atoms with van der Waals surface area (Å²) in [6.07, 6.45) is -0.267. The van der Waals surface area contributed by atoms with E-state index < -0.39 is 38.2 Å². The lowest BCUT2D eigenvalue weighted by atomic mass is 10.3. The smallest absolute Gasteiger partial charge is 0.300 e. The van der Waals surface area contributed by atoms with Gasteiger partial charge in [-0.25, -0.2) is 8.78 Å². The van der Waals surface area contributed by atoms with Crippen LogP contribution in [0.5, 0.6) is 5.75 Å². The maximum Gasteiger partial charge on any atom is 0.300 e. The summed E-state index contributed by atoms with van der Waals surface area (Å²) in [5.74, 6) is -6.13. The Bertz CT molecular complexity index is 582. The summed E-state index contributed by atoms with van der Waals surface area (Å²) in [6, 6.07) is 0.351. The number of ether oxygens (including phenoxy) is 2. The van der Waals surface area contributed by atoms with Gasteiger partial charge in [0.15, 0.2) is 22.3 Å². The summed E-state index contributed by atoms with van der Waals surface area (Å²) in [4.78, 5) is -1.74. The number of epoxide rings is 1. The lowest BCUT2D eigenvalue weighted by Gasteiger charge is -2.09. The minimum absolute atomic E-state index is 0.110. The van der Waals surface area contributed by atoms with Crippen molar-refractivity contribution in [3.8, 4) is 5.75 Å². The first-order valence-electron chi connectivity index (χ1n) is 4.70. The first-order chi connectivity index (χ1) is 8.30. The summed E-state index contributed by atoms with van der Waals surface area (Å²) in [5.41, 5.74) is 0. The average molecular weight is 284 g/mol. The predicted octanol–water partition coefficient (Wildman–Crippen LogP) is 1.13. The molecule has 0 radical (unpaired) electrons. The van der Waals surface area contributed by atoms with Crippen molar-refractivity contribution in [3.05, 3.63) is 23.5 Å². The fourth-order valence-corrected chi connectivity index (χ4v) is 1.87. The molecule has 0 bridgehead atoms. The molecule has 1 aliphatic rings. The minimum Gasteiger partial charge on any atom is -0.487 e. The van der Waals surface area contributed by atoms with Crippen molar-refractivity contribution < 1.29 is 35.6 Å². The summed E-state index contributed by atoms with van der Waals surface area (Å²) in [5, 5.41) is 0. The molecular weight excluding hydrogens is 277 g/mol. The van der Waals surface area contributed by atoms with Crippen LogP contribution in [-0.2, 0) is 14.9 Å². The van der Waals surface area contributed by atoms with Crippen molar-refractivity contribution in [1.29, 1.82) is 0 Å². The Morgan fingerprint density at radius 2 is 2.00 bits per heavy atom. The van der Waals surface area contributed by atoms with Crippen LogP contribution < -0.4 is 4.74 Å². The molecule has 100 valence electrons. The van der Waals surface area contributed by atoms with Gasteiger partial charge in [-0.2, -0.15) is 12.8 Å². The van der Waals surface area contributed by atoms with Crippen molar-refractivity contribution in [3.63, 3.8) is 0 Å². The van der Waals surface area contributed by atoms with Gasteiger partial charge in [-0.05, 0) is 0 Å². The van der Waals surface area contributed by atoms with Gasteiger partial charge in [0.1, 0.15) is 12.7 Å². The normalized spacial score (nSPS) is 18.8. The summed E-state index contributed by atoms with van der Waals surface area (Å²) in [7, 11) is -5.19. The highest BCUT2D eigenvalue weighted by Crippen LogP contribution is 2.29. The van der Waals surface area contributed by atoms with Crippen LogP contribution in [0, 0.1) is 17.5 Å². The SMILES string of the molecule is O=S(=O)(O)c1c(F)cc(OCC2CO2)c(F)c1F. The molecule has 9 heteroatoms. The molecule has 0 aromatic heterocycles. The highest BCUT2D eigenvalue weighted by molar-refractivity contribution is 7.85. The van der Waals surface area contributed by atoms with Gasteiger partial charge < -0.3 is 9.47 Å². The summed E-state index contributed by atoms with van der Waals surface area (Å²) in [6.45, 7) is 0.288. The third-order valence-electron chi connectivity index (χ3n) is 2.17. The van der Waals surface area contributed by atoms with Gasteiger partial charge in [0.2, 0.25) is 5.82 Å². The average Bonchev–Trinajstić information content (AvgIpc) is 3.03. The van der Waals surface area contributed by atoms with E-state index in [0.717, 1.165) is 0 Å². The Morgan fingerprint density at radius 1 is 1.39 bits per heavy atom. The second kappa shape index (κ2) is 4.41. The van der Waals surface area contributed by atoms with E-state index in [1.54, 1.807) is 0 Å². The monoisotopic (exact) mass is 284 g/mol. The number of hydrogen-bond acceptors (Lipinski definition) is 4. The van der Waals surface area contributed by atoms with Crippen LogP contribution in [0.2, 0.25) is 0 Å². The first-order valence-corrected chi connectivity index (χ1v) is 6.14. The Balaban J connectivity index is 2.39. The van der Waals surface area contributed by atoms with Crippen LogP contribution in [0.15, 0.2) is 11.0 Å². The number of hydrogen-bond donors (Lipinski definition) is 1. The van der Waals surface area contributed by atoms with Crippen LogP contribution in [0.25, 0.3) is 0 Å². The Hall–Kier alpha value is -1.32. The number of rotatable bonds is 4. The highest BCUT2D eigenvalue weighted by Gasteiger charge is 2.29. The predicted molar refractivity (Wildman–Crippen MR) is 51.4 cm³/mol. The van der Waals surface area contributed by atoms with E-state index >= 15 is 0 Å². The van der Waals surface area contributed by atoms with E-state index in [1.165, 1.54) is 0 Å². The van der Waals surface area contributed by atoms with Crippen LogP contribution in [0.4, 0.5) is 13.2 Å². The molecule has 0 amide bonds. The zero-order valence-corrected chi connectivity index (χ0v) is 9.51. The van der Waals surface area contributed by atoms with Gasteiger partial charge in [-0.15, -0.1) is 0 Å². The van der Waals surface area contributed by atoms with E-state index in [9.17, 15) is 21.6 Å². The van der Waals surface area contributed by atoms with Gasteiger partial charge in [0, 0.05) is 6.07 Å². The molecule has 0 saturated carbocycles. The van der Waals surface area contributed by atoms with Crippen molar-refractivity contribution in [1.82, 2.24) is 0 Å². The molecule has 0 aliphatic carbocycles. The first kappa shape index (κ1) is 13.1. The van der Waals surface area contributed by atoms with E-state index in [4.69, 9.17) is 14.0 Å². The molecule has 1 atom stereocenters. The van der Waals surface area contributed by atoms with Crippen molar-refractivity contribution in [2.45, 2.75) is 11.0 Å². The molecule has 1 heterocycles. The number of halogens is 3. The molecule has 1 unspecified atom stereocenters. The second-order valence-electron chi connectivity index (χ2n) is 3.56. The van der Waals surface area contributed by atoms with Crippen LogP contribution in [-0.4, -0.2) is 32.3 Å². The molecule has 5 nitrogen and oxygen atoms in total. The van der Waals surface area contributed by atoms with Crippen LogP contribution in [0.3, 0.4) is 0 Å². The molecule has 1 aromatic rings. The molecule has 1 saturated heterocycles. The van der Waals surface area contributed by atoms with Crippen molar-refractivity contribution in [2.24, 2.45) is 0 Å². The standard InChI is InChI=1S/C9H7F3O5S/c10-5-1-6(17-3-4-2-16-4)7(11)8(12)9(5)18(13,14)15/h1,4H,2-3H2,(H,13,14,15). The molecule has 0 spiro atoms. The lowest BCUT2D eigenvalue weighted by molar-refractivity contribution is 0.247. The molecular formula is C9H7F3O5S. The van der Waals surface area contributed by atoms with E-state index in [2.05, 4.69) is 0 Å². The van der Waals surface area contributed by atoms with Gasteiger partial charge in [-0.3, -0.25) is 4.55 Å². The Labute approximate surface area is 99.9 Å². The highest BCUT2D eigenvalue weighted by atomic mass is 32.2. The van der Waals surface area contributed by atoms with Crippen molar-refractivity contribution >= 4 is 10.1 Å². The quantitative estimate of drug-likeness (QED) is 0.509. The molecule has 2 rings (SSSR count). The van der Waals surface area contributed by atoms with Gasteiger partial charge in [0.25, 0.3) is 0 Å². The minimum atomic E-state index is -5.19. The Kier molecular flexibility index (Phi) is 3.21. The second-order valence-corrected chi connectivity index (χ2v) is 4.91. The van der Waals surface area contributed by atoms with E-state index in [1.807, 2.05) is 0 Å². The third-order valence-corrected chi connectivity index (χ3v) is 3.06. The van der Waals surface area contributed by atoms with Gasteiger partial charge >= 0.3 is 10.1 Å². The summed E-state index contributed by atoms with van der Waals surface area (Å²) < 4.78 is 79.3.